The van der Waals surface area contributed by atoms with Gasteiger partial charge >= 0.3 is 0 Å². The predicted molar refractivity (Wildman–Crippen MR) is 98.0 cm³/mol. The van der Waals surface area contributed by atoms with Gasteiger partial charge in [0.1, 0.15) is 12.4 Å². The van der Waals surface area contributed by atoms with Crippen molar-refractivity contribution in [3.8, 4) is 11.4 Å². The Morgan fingerprint density at radius 3 is 3.16 bits per heavy atom. The van der Waals surface area contributed by atoms with Crippen molar-refractivity contribution in [2.45, 2.75) is 19.9 Å². The van der Waals surface area contributed by atoms with E-state index in [1.165, 1.54) is 0 Å². The monoisotopic (exact) mass is 355 g/mol. The van der Waals surface area contributed by atoms with E-state index >= 15 is 0 Å². The van der Waals surface area contributed by atoms with Crippen molar-refractivity contribution in [2.75, 3.05) is 0 Å². The first-order chi connectivity index (χ1) is 12.2. The summed E-state index contributed by atoms with van der Waals surface area (Å²) in [6.07, 6.45) is 6.12. The average Bonchev–Trinajstić information content (AvgIpc) is 3.24. The minimum atomic E-state index is 0.112. The van der Waals surface area contributed by atoms with E-state index in [1.54, 1.807) is 12.4 Å². The zero-order valence-corrected chi connectivity index (χ0v) is 14.4. The van der Waals surface area contributed by atoms with Crippen molar-refractivity contribution >= 4 is 23.5 Å². The Labute approximate surface area is 149 Å². The molecule has 9 heteroatoms. The molecule has 25 heavy (non-hydrogen) atoms. The van der Waals surface area contributed by atoms with Crippen LogP contribution in [0.5, 0.6) is 0 Å². The fourth-order valence-corrected chi connectivity index (χ4v) is 2.36. The van der Waals surface area contributed by atoms with Crippen LogP contribution in [-0.4, -0.2) is 31.0 Å². The van der Waals surface area contributed by atoms with Gasteiger partial charge in [0.25, 0.3) is 0 Å². The molecule has 128 valence electrons. The molecule has 0 saturated heterocycles. The molecular weight excluding hydrogens is 338 g/mol. The predicted octanol–water partition coefficient (Wildman–Crippen LogP) is 1.71. The molecule has 0 amide bonds. The highest BCUT2D eigenvalue weighted by molar-refractivity contribution is 7.80. The molecule has 0 bridgehead atoms. The van der Waals surface area contributed by atoms with E-state index in [0.717, 1.165) is 23.4 Å². The molecule has 8 nitrogen and oxygen atoms in total. The SMILES string of the molecule is CCc1nccn1Cc1nc(-c2cccc(C=NNC(N)=S)c2)no1. The summed E-state index contributed by atoms with van der Waals surface area (Å²) in [5.41, 5.74) is 9.52. The fourth-order valence-electron chi connectivity index (χ4n) is 2.31. The molecule has 3 rings (SSSR count). The third-order valence-corrected chi connectivity index (χ3v) is 3.52. The van der Waals surface area contributed by atoms with Gasteiger partial charge in [-0.25, -0.2) is 4.98 Å². The highest BCUT2D eigenvalue weighted by atomic mass is 32.1. The number of nitrogens with zero attached hydrogens (tertiary/aromatic N) is 5. The number of hydrazone groups is 1. The van der Waals surface area contributed by atoms with Crippen molar-refractivity contribution in [3.05, 3.63) is 53.9 Å². The van der Waals surface area contributed by atoms with Crippen molar-refractivity contribution in [1.82, 2.24) is 25.1 Å². The lowest BCUT2D eigenvalue weighted by Crippen LogP contribution is -2.23. The number of nitrogens with one attached hydrogen (secondary N) is 1. The topological polar surface area (TPSA) is 107 Å². The third kappa shape index (κ3) is 4.27. The number of hydrogen-bond donors (Lipinski definition) is 2. The fraction of sp³-hybridized carbons (Fsp3) is 0.188. The lowest BCUT2D eigenvalue weighted by molar-refractivity contribution is 0.370. The number of hydrogen-bond acceptors (Lipinski definition) is 6. The van der Waals surface area contributed by atoms with Crippen molar-refractivity contribution in [3.63, 3.8) is 0 Å². The largest absolute Gasteiger partial charge is 0.375 e. The first-order valence-corrected chi connectivity index (χ1v) is 8.08. The van der Waals surface area contributed by atoms with Gasteiger partial charge in [-0.05, 0) is 23.8 Å². The molecule has 2 aromatic heterocycles. The minimum Gasteiger partial charge on any atom is -0.375 e. The number of aromatic nitrogens is 4. The van der Waals surface area contributed by atoms with Gasteiger partial charge in [-0.1, -0.05) is 30.3 Å². The zero-order valence-electron chi connectivity index (χ0n) is 13.6. The molecule has 3 aromatic rings. The zero-order chi connectivity index (χ0) is 17.6. The first kappa shape index (κ1) is 16.8. The smallest absolute Gasteiger partial charge is 0.246 e. The molecule has 0 atom stereocenters. The van der Waals surface area contributed by atoms with Crippen LogP contribution in [0.4, 0.5) is 0 Å². The number of rotatable bonds is 6. The van der Waals surface area contributed by atoms with Crippen molar-refractivity contribution in [1.29, 1.82) is 0 Å². The highest BCUT2D eigenvalue weighted by Gasteiger charge is 2.11. The van der Waals surface area contributed by atoms with Gasteiger partial charge in [0, 0.05) is 24.4 Å². The number of nitrogens with two attached hydrogens (primary N) is 1. The molecule has 0 spiro atoms. The third-order valence-electron chi connectivity index (χ3n) is 3.42. The van der Waals surface area contributed by atoms with Gasteiger partial charge in [-0.15, -0.1) is 0 Å². The summed E-state index contributed by atoms with van der Waals surface area (Å²) in [4.78, 5) is 8.74. The molecule has 0 saturated carbocycles. The number of aryl methyl sites for hydroxylation is 1. The quantitative estimate of drug-likeness (QED) is 0.394. The van der Waals surface area contributed by atoms with E-state index in [9.17, 15) is 0 Å². The number of imidazole rings is 1. The molecule has 0 aliphatic heterocycles. The van der Waals surface area contributed by atoms with E-state index in [-0.39, 0.29) is 5.11 Å². The van der Waals surface area contributed by atoms with Gasteiger partial charge < -0.3 is 14.8 Å². The summed E-state index contributed by atoms with van der Waals surface area (Å²) in [5, 5.41) is 8.10. The Hall–Kier alpha value is -3.07. The lowest BCUT2D eigenvalue weighted by Gasteiger charge is -2.01. The Kier molecular flexibility index (Phi) is 5.14. The van der Waals surface area contributed by atoms with Gasteiger partial charge in [-0.3, -0.25) is 5.43 Å². The number of thiocarbonyl (C=S) groups is 1. The Morgan fingerprint density at radius 1 is 1.48 bits per heavy atom. The Morgan fingerprint density at radius 2 is 2.36 bits per heavy atom. The molecule has 1 aromatic carbocycles. The van der Waals surface area contributed by atoms with Crippen LogP contribution in [0.2, 0.25) is 0 Å². The van der Waals surface area contributed by atoms with Crippen LogP contribution in [0.25, 0.3) is 11.4 Å². The molecule has 0 aliphatic carbocycles. The summed E-state index contributed by atoms with van der Waals surface area (Å²) in [6.45, 7) is 2.55. The van der Waals surface area contributed by atoms with Crippen LogP contribution < -0.4 is 11.2 Å². The Balaban J connectivity index is 1.76. The molecule has 2 heterocycles. The summed E-state index contributed by atoms with van der Waals surface area (Å²) in [5.74, 6) is 2.02. The van der Waals surface area contributed by atoms with Gasteiger partial charge in [-0.2, -0.15) is 10.1 Å². The number of benzene rings is 1. The van der Waals surface area contributed by atoms with Crippen LogP contribution in [-0.2, 0) is 13.0 Å². The second-order valence-electron chi connectivity index (χ2n) is 5.20. The van der Waals surface area contributed by atoms with E-state index in [0.29, 0.717) is 18.3 Å². The molecule has 0 radical (unpaired) electrons. The van der Waals surface area contributed by atoms with E-state index in [2.05, 4.69) is 32.6 Å². The van der Waals surface area contributed by atoms with Gasteiger partial charge in [0.2, 0.25) is 11.7 Å². The maximum atomic E-state index is 5.36. The van der Waals surface area contributed by atoms with E-state index < -0.39 is 0 Å². The molecular formula is C16H17N7OS. The first-order valence-electron chi connectivity index (χ1n) is 7.67. The second-order valence-corrected chi connectivity index (χ2v) is 5.64. The van der Waals surface area contributed by atoms with Crippen LogP contribution in [0, 0.1) is 0 Å². The van der Waals surface area contributed by atoms with Crippen LogP contribution in [0.3, 0.4) is 0 Å². The second kappa shape index (κ2) is 7.67. The van der Waals surface area contributed by atoms with E-state index in [4.69, 9.17) is 22.5 Å². The summed E-state index contributed by atoms with van der Waals surface area (Å²) in [7, 11) is 0. The maximum Gasteiger partial charge on any atom is 0.246 e. The summed E-state index contributed by atoms with van der Waals surface area (Å²) >= 11 is 4.70. The molecule has 0 fully saturated rings. The van der Waals surface area contributed by atoms with E-state index in [1.807, 2.05) is 35.0 Å². The lowest BCUT2D eigenvalue weighted by atomic mass is 10.1. The summed E-state index contributed by atoms with van der Waals surface area (Å²) < 4.78 is 7.34. The van der Waals surface area contributed by atoms with Crippen LogP contribution in [0.15, 0.2) is 46.3 Å². The van der Waals surface area contributed by atoms with Crippen LogP contribution >= 0.6 is 12.2 Å². The standard InChI is InChI=1S/C16H17N7OS/c1-2-13-18-6-7-23(13)10-14-20-15(22-24-14)12-5-3-4-11(8-12)9-19-21-16(17)25/h3-9H,2,10H2,1H3,(H3,17,21,25). The molecule has 0 aliphatic rings. The van der Waals surface area contributed by atoms with Crippen molar-refractivity contribution in [2.24, 2.45) is 10.8 Å². The minimum absolute atomic E-state index is 0.112. The Bertz CT molecular complexity index is 899. The summed E-state index contributed by atoms with van der Waals surface area (Å²) in [6, 6.07) is 7.59. The maximum absolute atomic E-state index is 5.36. The van der Waals surface area contributed by atoms with Gasteiger partial charge in [0.15, 0.2) is 5.11 Å². The van der Waals surface area contributed by atoms with Crippen molar-refractivity contribution < 1.29 is 4.52 Å². The molecule has 0 unspecified atom stereocenters. The van der Waals surface area contributed by atoms with Crippen LogP contribution in [0.1, 0.15) is 24.2 Å². The van der Waals surface area contributed by atoms with Gasteiger partial charge in [0.05, 0.1) is 6.21 Å². The normalized spacial score (nSPS) is 11.1. The molecule has 3 N–H and O–H groups in total. The highest BCUT2D eigenvalue weighted by Crippen LogP contribution is 2.17. The average molecular weight is 355 g/mol.